The fourth-order valence-corrected chi connectivity index (χ4v) is 5.93. The number of ketones is 2. The third-order valence-corrected chi connectivity index (χ3v) is 7.39. The molecule has 0 spiro atoms. The highest BCUT2D eigenvalue weighted by Crippen LogP contribution is 2.58. The number of phenolic OH excluding ortho intramolecular Hbond substituents is 1. The van der Waals surface area contributed by atoms with Crippen LogP contribution in [-0.4, -0.2) is 73.6 Å². The molecule has 2 unspecified atom stereocenters. The third kappa shape index (κ3) is 2.75. The van der Waals surface area contributed by atoms with Gasteiger partial charge in [-0.05, 0) is 39.6 Å². The van der Waals surface area contributed by atoms with Gasteiger partial charge in [0, 0.05) is 28.0 Å². The molecule has 1 amide bonds. The zero-order valence-corrected chi connectivity index (χ0v) is 18.7. The monoisotopic (exact) mass is 478 g/mol. The number of phenols is 1. The summed E-state index contributed by atoms with van der Waals surface area (Å²) in [5, 5.41) is 55.2. The minimum Gasteiger partial charge on any atom is -0.508 e. The Morgan fingerprint density at radius 3 is 2.33 bits per heavy atom. The van der Waals surface area contributed by atoms with Gasteiger partial charge in [-0.15, -0.1) is 0 Å². The Kier molecular flexibility index (Phi) is 4.96. The SMILES string of the molecule is CN(C)[C@H]1C(=O)C(C(N)=O)=C(O)[C@]2(O)C(=O)C3=C(O)c4c(O)ccc(Cl)c4[C@](C)(O)C3CC12. The summed E-state index contributed by atoms with van der Waals surface area (Å²) in [6.07, 6.45) is -0.259. The lowest BCUT2D eigenvalue weighted by molar-refractivity contribution is -0.159. The van der Waals surface area contributed by atoms with E-state index in [-0.39, 0.29) is 22.6 Å². The summed E-state index contributed by atoms with van der Waals surface area (Å²) in [6.45, 7) is 1.34. The number of nitrogens with two attached hydrogens (primary N) is 1. The molecule has 0 saturated heterocycles. The van der Waals surface area contributed by atoms with Gasteiger partial charge < -0.3 is 31.3 Å². The van der Waals surface area contributed by atoms with E-state index in [1.54, 1.807) is 0 Å². The Labute approximate surface area is 193 Å². The number of carbonyl (C=O) groups excluding carboxylic acids is 3. The number of aromatic hydroxyl groups is 1. The van der Waals surface area contributed by atoms with E-state index >= 15 is 0 Å². The van der Waals surface area contributed by atoms with Crippen LogP contribution in [0, 0.1) is 11.8 Å². The Hall–Kier alpha value is -2.92. The molecule has 0 aromatic heterocycles. The number of halogens is 1. The number of fused-ring (bicyclic) bond motifs is 3. The van der Waals surface area contributed by atoms with E-state index in [1.807, 2.05) is 0 Å². The van der Waals surface area contributed by atoms with E-state index in [9.17, 15) is 39.9 Å². The van der Waals surface area contributed by atoms with Gasteiger partial charge in [0.15, 0.2) is 11.4 Å². The first-order valence-electron chi connectivity index (χ1n) is 10.1. The van der Waals surface area contributed by atoms with Crippen LogP contribution in [0.1, 0.15) is 24.5 Å². The van der Waals surface area contributed by atoms with Gasteiger partial charge in [0.1, 0.15) is 22.8 Å². The van der Waals surface area contributed by atoms with Gasteiger partial charge in [-0.3, -0.25) is 19.3 Å². The number of nitrogens with zero attached hydrogens (tertiary/aromatic N) is 1. The van der Waals surface area contributed by atoms with Crippen molar-refractivity contribution in [3.05, 3.63) is 45.2 Å². The molecule has 0 radical (unpaired) electrons. The van der Waals surface area contributed by atoms with Crippen LogP contribution in [0.25, 0.3) is 5.76 Å². The molecule has 4 rings (SSSR count). The second kappa shape index (κ2) is 7.04. The van der Waals surface area contributed by atoms with Crippen molar-refractivity contribution < 1.29 is 39.9 Å². The molecule has 1 aromatic rings. The molecular weight excluding hydrogens is 456 g/mol. The van der Waals surface area contributed by atoms with E-state index in [4.69, 9.17) is 17.3 Å². The summed E-state index contributed by atoms with van der Waals surface area (Å²) >= 11 is 6.28. The predicted molar refractivity (Wildman–Crippen MR) is 115 cm³/mol. The van der Waals surface area contributed by atoms with Crippen molar-refractivity contribution >= 4 is 34.8 Å². The van der Waals surface area contributed by atoms with Crippen LogP contribution in [0.15, 0.2) is 29.0 Å². The number of carbonyl (C=O) groups is 3. The van der Waals surface area contributed by atoms with Crippen LogP contribution in [0.2, 0.25) is 5.02 Å². The molecule has 176 valence electrons. The van der Waals surface area contributed by atoms with Gasteiger partial charge in [-0.2, -0.15) is 0 Å². The van der Waals surface area contributed by atoms with Crippen molar-refractivity contribution in [1.82, 2.24) is 4.90 Å². The smallest absolute Gasteiger partial charge is 0.255 e. The van der Waals surface area contributed by atoms with Crippen LogP contribution < -0.4 is 5.73 Å². The van der Waals surface area contributed by atoms with Crippen molar-refractivity contribution in [3.63, 3.8) is 0 Å². The van der Waals surface area contributed by atoms with Crippen LogP contribution in [0.4, 0.5) is 0 Å². The number of rotatable bonds is 2. The summed E-state index contributed by atoms with van der Waals surface area (Å²) in [6, 6.07) is 1.24. The van der Waals surface area contributed by atoms with Gasteiger partial charge in [-0.1, -0.05) is 11.6 Å². The zero-order chi connectivity index (χ0) is 24.8. The summed E-state index contributed by atoms with van der Waals surface area (Å²) < 4.78 is 0. The minimum atomic E-state index is -2.78. The van der Waals surface area contributed by atoms with E-state index in [0.717, 1.165) is 0 Å². The molecule has 0 heterocycles. The molecule has 1 saturated carbocycles. The minimum absolute atomic E-state index is 0.0187. The highest BCUT2D eigenvalue weighted by molar-refractivity contribution is 6.32. The van der Waals surface area contributed by atoms with E-state index in [1.165, 1.54) is 38.1 Å². The molecule has 0 aliphatic heterocycles. The average Bonchev–Trinajstić information content (AvgIpc) is 2.69. The van der Waals surface area contributed by atoms with Crippen molar-refractivity contribution in [3.8, 4) is 5.75 Å². The first-order chi connectivity index (χ1) is 15.2. The van der Waals surface area contributed by atoms with Crippen molar-refractivity contribution in [2.24, 2.45) is 17.6 Å². The Morgan fingerprint density at radius 2 is 1.79 bits per heavy atom. The number of aliphatic hydroxyl groups excluding tert-OH is 2. The molecule has 5 atom stereocenters. The lowest BCUT2D eigenvalue weighted by Gasteiger charge is -2.53. The topological polar surface area (TPSA) is 182 Å². The Morgan fingerprint density at radius 1 is 1.18 bits per heavy atom. The lowest BCUT2D eigenvalue weighted by atomic mass is 9.54. The van der Waals surface area contributed by atoms with Gasteiger partial charge in [0.25, 0.3) is 5.91 Å². The van der Waals surface area contributed by atoms with E-state index < -0.39 is 75.0 Å². The maximum atomic E-state index is 13.7. The molecule has 11 heteroatoms. The van der Waals surface area contributed by atoms with Crippen molar-refractivity contribution in [2.45, 2.75) is 30.6 Å². The first kappa shape index (κ1) is 23.2. The summed E-state index contributed by atoms with van der Waals surface area (Å²) in [4.78, 5) is 40.1. The summed E-state index contributed by atoms with van der Waals surface area (Å²) in [5.74, 6) is -8.30. The van der Waals surface area contributed by atoms with Gasteiger partial charge in [0.05, 0.1) is 17.2 Å². The molecule has 3 aliphatic carbocycles. The number of Topliss-reactive ketones (excluding diaryl/α,β-unsaturated/α-hetero) is 2. The molecule has 1 fully saturated rings. The molecular formula is C22H23ClN2O8. The molecule has 7 N–H and O–H groups in total. The number of hydrogen-bond donors (Lipinski definition) is 6. The highest BCUT2D eigenvalue weighted by Gasteiger charge is 2.66. The second-order valence-corrected chi connectivity index (χ2v) is 9.48. The number of amides is 1. The molecule has 1 aromatic carbocycles. The second-order valence-electron chi connectivity index (χ2n) is 9.08. The number of hydrogen-bond acceptors (Lipinski definition) is 9. The fourth-order valence-electron chi connectivity index (χ4n) is 5.58. The number of likely N-dealkylation sites (N-methyl/N-ethyl adjacent to an activating group) is 1. The molecule has 3 aliphatic rings. The first-order valence-corrected chi connectivity index (χ1v) is 10.5. The molecule has 10 nitrogen and oxygen atoms in total. The van der Waals surface area contributed by atoms with Crippen LogP contribution >= 0.6 is 11.6 Å². The number of aliphatic hydroxyl groups is 4. The van der Waals surface area contributed by atoms with Crippen LogP contribution in [-0.2, 0) is 20.0 Å². The largest absolute Gasteiger partial charge is 0.508 e. The highest BCUT2D eigenvalue weighted by atomic mass is 35.5. The van der Waals surface area contributed by atoms with Gasteiger partial charge in [-0.25, -0.2) is 0 Å². The number of benzene rings is 1. The van der Waals surface area contributed by atoms with Crippen molar-refractivity contribution in [1.29, 1.82) is 0 Å². The lowest BCUT2D eigenvalue weighted by Crippen LogP contribution is -2.67. The summed E-state index contributed by atoms with van der Waals surface area (Å²) in [7, 11) is 2.97. The average molecular weight is 479 g/mol. The third-order valence-electron chi connectivity index (χ3n) is 7.07. The van der Waals surface area contributed by atoms with Crippen molar-refractivity contribution in [2.75, 3.05) is 14.1 Å². The van der Waals surface area contributed by atoms with E-state index in [0.29, 0.717) is 0 Å². The quantitative estimate of drug-likeness (QED) is 0.325. The van der Waals surface area contributed by atoms with Gasteiger partial charge in [0.2, 0.25) is 5.78 Å². The maximum Gasteiger partial charge on any atom is 0.255 e. The zero-order valence-electron chi connectivity index (χ0n) is 18.0. The normalized spacial score (nSPS) is 33.7. The fraction of sp³-hybridized carbons (Fsp3) is 0.409. The van der Waals surface area contributed by atoms with E-state index in [2.05, 4.69) is 0 Å². The van der Waals surface area contributed by atoms with Crippen LogP contribution in [0.5, 0.6) is 5.75 Å². The van der Waals surface area contributed by atoms with Gasteiger partial charge >= 0.3 is 0 Å². The Balaban J connectivity index is 2.07. The number of primary amides is 1. The predicted octanol–water partition coefficient (Wildman–Crippen LogP) is 0.282. The standard InChI is InChI=1S/C22H23ClN2O8/c1-21(32)7-6-8-15(25(2)3)17(28)13(20(24)31)19(30)22(8,33)18(29)11(7)16(27)12-10(26)5-4-9(23)14(12)21/h4-5,7-8,15,26-27,30,32-33H,6H2,1-3H3,(H2,24,31)/t7?,8?,15-,21-,22-/m1/s1. The summed E-state index contributed by atoms with van der Waals surface area (Å²) in [5.41, 5.74) is -1.10. The molecule has 0 bridgehead atoms. The Bertz CT molecular complexity index is 1200. The maximum absolute atomic E-state index is 13.7. The van der Waals surface area contributed by atoms with Crippen LogP contribution in [0.3, 0.4) is 0 Å². The molecule has 33 heavy (non-hydrogen) atoms.